The summed E-state index contributed by atoms with van der Waals surface area (Å²) in [6, 6.07) is 12.1. The van der Waals surface area contributed by atoms with Crippen LogP contribution in [0.5, 0.6) is 11.5 Å². The Morgan fingerprint density at radius 1 is 1.16 bits per heavy atom. The summed E-state index contributed by atoms with van der Waals surface area (Å²) < 4.78 is 36.2. The maximum absolute atomic E-state index is 12.5. The van der Waals surface area contributed by atoms with E-state index in [0.29, 0.717) is 30.2 Å². The van der Waals surface area contributed by atoms with Crippen molar-refractivity contribution in [1.82, 2.24) is 5.32 Å². The number of nitrogens with one attached hydrogen (secondary N) is 1. The van der Waals surface area contributed by atoms with Gasteiger partial charge in [0.2, 0.25) is 28.6 Å². The van der Waals surface area contributed by atoms with Gasteiger partial charge in [-0.25, -0.2) is 8.42 Å². The van der Waals surface area contributed by atoms with Crippen LogP contribution in [0.3, 0.4) is 0 Å². The fourth-order valence-electron chi connectivity index (χ4n) is 3.58. The number of ether oxygens (including phenoxy) is 2. The summed E-state index contributed by atoms with van der Waals surface area (Å²) in [4.78, 5) is 26.2. The van der Waals surface area contributed by atoms with Gasteiger partial charge in [-0.2, -0.15) is 0 Å². The lowest BCUT2D eigenvalue weighted by Crippen LogP contribution is -2.40. The van der Waals surface area contributed by atoms with Crippen LogP contribution >= 0.6 is 0 Å². The molecule has 10 heteroatoms. The summed E-state index contributed by atoms with van der Waals surface area (Å²) in [5, 5.41) is 2.75. The Morgan fingerprint density at radius 2 is 1.97 bits per heavy atom. The van der Waals surface area contributed by atoms with Crippen LogP contribution in [0.1, 0.15) is 18.4 Å². The number of sulfonamides is 1. The molecule has 2 aliphatic rings. The first-order chi connectivity index (χ1) is 14.8. The number of rotatable bonds is 7. The van der Waals surface area contributed by atoms with E-state index in [0.717, 1.165) is 28.2 Å². The second-order valence-electron chi connectivity index (χ2n) is 7.40. The van der Waals surface area contributed by atoms with Crippen LogP contribution < -0.4 is 24.0 Å². The fraction of sp³-hybridized carbons (Fsp3) is 0.333. The summed E-state index contributed by atoms with van der Waals surface area (Å²) in [5.41, 5.74) is 1.93. The molecular formula is C21H23N3O6S. The van der Waals surface area contributed by atoms with Crippen molar-refractivity contribution >= 4 is 33.2 Å². The highest BCUT2D eigenvalue weighted by Crippen LogP contribution is 2.36. The largest absolute Gasteiger partial charge is 0.454 e. The zero-order valence-corrected chi connectivity index (χ0v) is 17.9. The molecule has 0 spiro atoms. The molecule has 0 aromatic heterocycles. The van der Waals surface area contributed by atoms with E-state index in [1.807, 2.05) is 24.3 Å². The summed E-state index contributed by atoms with van der Waals surface area (Å²) in [6.45, 7) is 0.601. The molecule has 31 heavy (non-hydrogen) atoms. The molecule has 2 aromatic rings. The lowest BCUT2D eigenvalue weighted by atomic mass is 10.2. The number of nitrogens with zero attached hydrogens (tertiary/aromatic N) is 2. The van der Waals surface area contributed by atoms with Crippen molar-refractivity contribution in [3.63, 3.8) is 0 Å². The molecule has 0 aliphatic carbocycles. The molecule has 4 rings (SSSR count). The third kappa shape index (κ3) is 4.74. The minimum Gasteiger partial charge on any atom is -0.454 e. The van der Waals surface area contributed by atoms with Gasteiger partial charge in [-0.05, 0) is 36.2 Å². The molecule has 9 nitrogen and oxygen atoms in total. The van der Waals surface area contributed by atoms with Crippen LogP contribution in [0.15, 0.2) is 42.5 Å². The smallest absolute Gasteiger partial charge is 0.241 e. The molecule has 2 amide bonds. The predicted octanol–water partition coefficient (Wildman–Crippen LogP) is 1.62. The van der Waals surface area contributed by atoms with Crippen LogP contribution in [-0.2, 0) is 26.2 Å². The SMILES string of the molecule is CS(=O)(=O)N(CC(=O)NCc1cccc(N2CCCC2=O)c1)c1ccc2c(c1)OCO2. The number of carbonyl (C=O) groups excluding carboxylic acids is 2. The first kappa shape index (κ1) is 21.0. The number of carbonyl (C=O) groups is 2. The average Bonchev–Trinajstić information content (AvgIpc) is 3.38. The molecule has 164 valence electrons. The fourth-order valence-corrected chi connectivity index (χ4v) is 4.43. The Labute approximate surface area is 180 Å². The van der Waals surface area contributed by atoms with E-state index in [-0.39, 0.29) is 25.8 Å². The third-order valence-electron chi connectivity index (χ3n) is 5.12. The quantitative estimate of drug-likeness (QED) is 0.695. The van der Waals surface area contributed by atoms with E-state index in [1.54, 1.807) is 17.0 Å². The van der Waals surface area contributed by atoms with Gasteiger partial charge >= 0.3 is 0 Å². The highest BCUT2D eigenvalue weighted by molar-refractivity contribution is 7.92. The van der Waals surface area contributed by atoms with Crippen molar-refractivity contribution in [1.29, 1.82) is 0 Å². The van der Waals surface area contributed by atoms with Crippen LogP contribution in [0, 0.1) is 0 Å². The van der Waals surface area contributed by atoms with Gasteiger partial charge in [-0.1, -0.05) is 12.1 Å². The standard InChI is InChI=1S/C21H23N3O6S/c1-31(27,28)24(17-7-8-18-19(11-17)30-14-29-18)13-20(25)22-12-15-4-2-5-16(10-15)23-9-3-6-21(23)26/h2,4-5,7-8,10-11H,3,6,9,12-14H2,1H3,(H,22,25). The van der Waals surface area contributed by atoms with Crippen LogP contribution in [0.25, 0.3) is 0 Å². The maximum atomic E-state index is 12.5. The minimum absolute atomic E-state index is 0.0697. The summed E-state index contributed by atoms with van der Waals surface area (Å²) in [6.07, 6.45) is 2.42. The Hall–Kier alpha value is -3.27. The van der Waals surface area contributed by atoms with Gasteiger partial charge < -0.3 is 19.7 Å². The Bertz CT molecular complexity index is 1120. The van der Waals surface area contributed by atoms with E-state index in [9.17, 15) is 18.0 Å². The molecule has 0 unspecified atom stereocenters. The van der Waals surface area contributed by atoms with Crippen molar-refractivity contribution in [2.45, 2.75) is 19.4 Å². The molecule has 0 radical (unpaired) electrons. The molecule has 0 atom stereocenters. The van der Waals surface area contributed by atoms with E-state index in [2.05, 4.69) is 5.32 Å². The van der Waals surface area contributed by atoms with Gasteiger partial charge in [0.1, 0.15) is 6.54 Å². The van der Waals surface area contributed by atoms with Gasteiger partial charge in [0, 0.05) is 31.3 Å². The van der Waals surface area contributed by atoms with Crippen molar-refractivity contribution in [2.75, 3.05) is 35.3 Å². The number of hydrogen-bond acceptors (Lipinski definition) is 6. The summed E-state index contributed by atoms with van der Waals surface area (Å²) in [7, 11) is -3.71. The second-order valence-corrected chi connectivity index (χ2v) is 9.31. The number of hydrogen-bond donors (Lipinski definition) is 1. The van der Waals surface area contributed by atoms with Crippen LogP contribution in [0.4, 0.5) is 11.4 Å². The normalized spacial score (nSPS) is 15.3. The van der Waals surface area contributed by atoms with Gasteiger partial charge in [0.25, 0.3) is 0 Å². The number of benzene rings is 2. The molecule has 2 aliphatic heterocycles. The second kappa shape index (κ2) is 8.46. The van der Waals surface area contributed by atoms with Gasteiger partial charge in [0.05, 0.1) is 11.9 Å². The van der Waals surface area contributed by atoms with Crippen molar-refractivity contribution in [3.8, 4) is 11.5 Å². The predicted molar refractivity (Wildman–Crippen MR) is 115 cm³/mol. The van der Waals surface area contributed by atoms with Gasteiger partial charge in [-0.3, -0.25) is 13.9 Å². The maximum Gasteiger partial charge on any atom is 0.241 e. The zero-order chi connectivity index (χ0) is 22.0. The molecular weight excluding hydrogens is 422 g/mol. The van der Waals surface area contributed by atoms with E-state index in [4.69, 9.17) is 9.47 Å². The highest BCUT2D eigenvalue weighted by Gasteiger charge is 2.24. The van der Waals surface area contributed by atoms with Crippen molar-refractivity contribution in [3.05, 3.63) is 48.0 Å². The molecule has 2 aromatic carbocycles. The molecule has 2 heterocycles. The monoisotopic (exact) mass is 445 g/mol. The molecule has 1 N–H and O–H groups in total. The van der Waals surface area contributed by atoms with Gasteiger partial charge in [0.15, 0.2) is 11.5 Å². The van der Waals surface area contributed by atoms with Crippen molar-refractivity contribution in [2.24, 2.45) is 0 Å². The average molecular weight is 445 g/mol. The lowest BCUT2D eigenvalue weighted by molar-refractivity contribution is -0.120. The minimum atomic E-state index is -3.71. The van der Waals surface area contributed by atoms with E-state index >= 15 is 0 Å². The Kier molecular flexibility index (Phi) is 5.73. The number of fused-ring (bicyclic) bond motifs is 1. The van der Waals surface area contributed by atoms with Crippen LogP contribution in [0.2, 0.25) is 0 Å². The van der Waals surface area contributed by atoms with E-state index in [1.165, 1.54) is 6.07 Å². The van der Waals surface area contributed by atoms with Crippen molar-refractivity contribution < 1.29 is 27.5 Å². The Balaban J connectivity index is 1.43. The summed E-state index contributed by atoms with van der Waals surface area (Å²) in [5.74, 6) is 0.595. The molecule has 0 saturated carbocycles. The Morgan fingerprint density at radius 3 is 2.71 bits per heavy atom. The molecule has 0 bridgehead atoms. The zero-order valence-electron chi connectivity index (χ0n) is 17.0. The van der Waals surface area contributed by atoms with Crippen LogP contribution in [-0.4, -0.2) is 46.4 Å². The third-order valence-corrected chi connectivity index (χ3v) is 6.26. The van der Waals surface area contributed by atoms with Gasteiger partial charge in [-0.15, -0.1) is 0 Å². The van der Waals surface area contributed by atoms with E-state index < -0.39 is 15.9 Å². The summed E-state index contributed by atoms with van der Waals surface area (Å²) >= 11 is 0. The topological polar surface area (TPSA) is 105 Å². The molecule has 1 saturated heterocycles. The number of amides is 2. The highest BCUT2D eigenvalue weighted by atomic mass is 32.2. The lowest BCUT2D eigenvalue weighted by Gasteiger charge is -2.22. The number of anilines is 2. The first-order valence-corrected chi connectivity index (χ1v) is 11.7. The molecule has 1 fully saturated rings. The first-order valence-electron chi connectivity index (χ1n) is 9.84.